The van der Waals surface area contributed by atoms with Gasteiger partial charge in [-0.1, -0.05) is 19.9 Å². The highest BCUT2D eigenvalue weighted by molar-refractivity contribution is 5.39. The average molecular weight is 252 g/mol. The van der Waals surface area contributed by atoms with Gasteiger partial charge in [-0.15, -0.1) is 0 Å². The SMILES string of the molecule is COc1ccc(CN(C)CC(C)(C)CN)c(O)c1. The molecule has 102 valence electrons. The third kappa shape index (κ3) is 4.20. The molecule has 0 saturated heterocycles. The number of phenolic OH excluding ortho intramolecular Hbond substituents is 1. The number of methoxy groups -OCH3 is 1. The second-order valence-corrected chi connectivity index (χ2v) is 5.54. The van der Waals surface area contributed by atoms with Gasteiger partial charge in [0.25, 0.3) is 0 Å². The maximum atomic E-state index is 9.90. The summed E-state index contributed by atoms with van der Waals surface area (Å²) in [6.45, 7) is 6.49. The lowest BCUT2D eigenvalue weighted by Gasteiger charge is -2.29. The second-order valence-electron chi connectivity index (χ2n) is 5.54. The first-order valence-electron chi connectivity index (χ1n) is 6.12. The highest BCUT2D eigenvalue weighted by atomic mass is 16.5. The molecular formula is C14H24N2O2. The van der Waals surface area contributed by atoms with Gasteiger partial charge >= 0.3 is 0 Å². The van der Waals surface area contributed by atoms with Crippen molar-refractivity contribution in [3.63, 3.8) is 0 Å². The fraction of sp³-hybridized carbons (Fsp3) is 0.571. The lowest BCUT2D eigenvalue weighted by molar-refractivity contribution is 0.208. The average Bonchev–Trinajstić information content (AvgIpc) is 2.31. The lowest BCUT2D eigenvalue weighted by Crippen LogP contribution is -2.36. The van der Waals surface area contributed by atoms with E-state index in [1.807, 2.05) is 19.2 Å². The summed E-state index contributed by atoms with van der Waals surface area (Å²) in [5.41, 5.74) is 6.70. The van der Waals surface area contributed by atoms with Gasteiger partial charge in [-0.25, -0.2) is 0 Å². The Morgan fingerprint density at radius 3 is 2.56 bits per heavy atom. The van der Waals surface area contributed by atoms with Crippen molar-refractivity contribution in [3.05, 3.63) is 23.8 Å². The van der Waals surface area contributed by atoms with Crippen molar-refractivity contribution in [3.8, 4) is 11.5 Å². The second kappa shape index (κ2) is 6.07. The van der Waals surface area contributed by atoms with Gasteiger partial charge in [0, 0.05) is 24.7 Å². The van der Waals surface area contributed by atoms with E-state index < -0.39 is 0 Å². The van der Waals surface area contributed by atoms with Crippen LogP contribution in [-0.2, 0) is 6.54 Å². The van der Waals surface area contributed by atoms with Crippen molar-refractivity contribution in [1.82, 2.24) is 4.90 Å². The molecule has 0 heterocycles. The monoisotopic (exact) mass is 252 g/mol. The number of rotatable bonds is 6. The molecule has 18 heavy (non-hydrogen) atoms. The maximum Gasteiger partial charge on any atom is 0.123 e. The Morgan fingerprint density at radius 2 is 2.06 bits per heavy atom. The third-order valence-corrected chi connectivity index (χ3v) is 2.98. The van der Waals surface area contributed by atoms with E-state index in [9.17, 15) is 5.11 Å². The summed E-state index contributed by atoms with van der Waals surface area (Å²) in [5.74, 6) is 0.938. The molecule has 1 rings (SSSR count). The molecule has 1 aromatic rings. The van der Waals surface area contributed by atoms with Crippen LogP contribution in [-0.4, -0.2) is 37.3 Å². The first kappa shape index (κ1) is 14.8. The molecule has 0 fully saturated rings. The Balaban J connectivity index is 2.67. The molecule has 0 spiro atoms. The molecule has 0 unspecified atom stereocenters. The Kier molecular flexibility index (Phi) is 4.99. The van der Waals surface area contributed by atoms with Crippen LogP contribution in [0.1, 0.15) is 19.4 Å². The molecule has 1 aromatic carbocycles. The van der Waals surface area contributed by atoms with Gasteiger partial charge in [-0.2, -0.15) is 0 Å². The van der Waals surface area contributed by atoms with Gasteiger partial charge < -0.3 is 20.5 Å². The lowest BCUT2D eigenvalue weighted by atomic mass is 9.93. The summed E-state index contributed by atoms with van der Waals surface area (Å²) in [4.78, 5) is 2.16. The van der Waals surface area contributed by atoms with Crippen LogP contribution in [0.2, 0.25) is 0 Å². The summed E-state index contributed by atoms with van der Waals surface area (Å²) in [7, 11) is 3.62. The first-order chi connectivity index (χ1) is 8.38. The van der Waals surface area contributed by atoms with E-state index in [1.165, 1.54) is 0 Å². The highest BCUT2D eigenvalue weighted by Gasteiger charge is 2.18. The van der Waals surface area contributed by atoms with Crippen LogP contribution < -0.4 is 10.5 Å². The van der Waals surface area contributed by atoms with Crippen molar-refractivity contribution in [2.45, 2.75) is 20.4 Å². The summed E-state index contributed by atoms with van der Waals surface area (Å²) in [5, 5.41) is 9.90. The third-order valence-electron chi connectivity index (χ3n) is 2.98. The van der Waals surface area contributed by atoms with Gasteiger partial charge in [0.2, 0.25) is 0 Å². The zero-order chi connectivity index (χ0) is 13.8. The van der Waals surface area contributed by atoms with Crippen LogP contribution in [0.15, 0.2) is 18.2 Å². The molecule has 0 aliphatic carbocycles. The maximum absolute atomic E-state index is 9.90. The number of benzene rings is 1. The van der Waals surface area contributed by atoms with Gasteiger partial charge in [-0.3, -0.25) is 0 Å². The molecule has 0 atom stereocenters. The van der Waals surface area contributed by atoms with Gasteiger partial charge in [0.05, 0.1) is 7.11 Å². The summed E-state index contributed by atoms with van der Waals surface area (Å²) >= 11 is 0. The molecule has 3 N–H and O–H groups in total. The smallest absolute Gasteiger partial charge is 0.123 e. The van der Waals surface area contributed by atoms with E-state index >= 15 is 0 Å². The van der Waals surface area contributed by atoms with Gasteiger partial charge in [0.15, 0.2) is 0 Å². The Labute approximate surface area is 109 Å². The zero-order valence-electron chi connectivity index (χ0n) is 11.7. The fourth-order valence-electron chi connectivity index (χ4n) is 1.95. The number of phenols is 1. The van der Waals surface area contributed by atoms with E-state index in [0.29, 0.717) is 18.8 Å². The summed E-state index contributed by atoms with van der Waals surface area (Å²) in [6, 6.07) is 5.38. The van der Waals surface area contributed by atoms with Crippen molar-refractivity contribution < 1.29 is 9.84 Å². The predicted molar refractivity (Wildman–Crippen MR) is 73.8 cm³/mol. The van der Waals surface area contributed by atoms with E-state index in [-0.39, 0.29) is 11.2 Å². The van der Waals surface area contributed by atoms with Crippen molar-refractivity contribution >= 4 is 0 Å². The molecule has 4 nitrogen and oxygen atoms in total. The fourth-order valence-corrected chi connectivity index (χ4v) is 1.95. The van der Waals surface area contributed by atoms with Gasteiger partial charge in [-0.05, 0) is 25.1 Å². The standard InChI is InChI=1S/C14H24N2O2/c1-14(2,9-15)10-16(3)8-11-5-6-12(18-4)7-13(11)17/h5-7,17H,8-10,15H2,1-4H3. The minimum atomic E-state index is 0.0802. The largest absolute Gasteiger partial charge is 0.507 e. The number of nitrogens with two attached hydrogens (primary N) is 1. The molecule has 0 aliphatic rings. The van der Waals surface area contributed by atoms with E-state index in [4.69, 9.17) is 10.5 Å². The Bertz CT molecular complexity index is 391. The number of aromatic hydroxyl groups is 1. The van der Waals surface area contributed by atoms with E-state index in [2.05, 4.69) is 18.7 Å². The normalized spacial score (nSPS) is 11.9. The van der Waals surface area contributed by atoms with E-state index in [1.54, 1.807) is 13.2 Å². The molecular weight excluding hydrogens is 228 g/mol. The topological polar surface area (TPSA) is 58.7 Å². The number of hydrogen-bond donors (Lipinski definition) is 2. The molecule has 0 amide bonds. The summed E-state index contributed by atoms with van der Waals surface area (Å²) < 4.78 is 5.06. The number of hydrogen-bond acceptors (Lipinski definition) is 4. The molecule has 0 bridgehead atoms. The quantitative estimate of drug-likeness (QED) is 0.811. The van der Waals surface area contributed by atoms with Crippen molar-refractivity contribution in [1.29, 1.82) is 0 Å². The van der Waals surface area contributed by atoms with Crippen LogP contribution >= 0.6 is 0 Å². The van der Waals surface area contributed by atoms with Crippen LogP contribution in [0.25, 0.3) is 0 Å². The Hall–Kier alpha value is -1.26. The predicted octanol–water partition coefficient (Wildman–Crippen LogP) is 1.82. The molecule has 0 aliphatic heterocycles. The van der Waals surface area contributed by atoms with E-state index in [0.717, 1.165) is 12.1 Å². The van der Waals surface area contributed by atoms with Gasteiger partial charge in [0.1, 0.15) is 11.5 Å². The molecule has 0 saturated carbocycles. The van der Waals surface area contributed by atoms with Crippen LogP contribution in [0.4, 0.5) is 0 Å². The molecule has 4 heteroatoms. The number of nitrogens with zero attached hydrogens (tertiary/aromatic N) is 1. The van der Waals surface area contributed by atoms with Crippen molar-refractivity contribution in [2.75, 3.05) is 27.2 Å². The van der Waals surface area contributed by atoms with Crippen LogP contribution in [0.3, 0.4) is 0 Å². The first-order valence-corrected chi connectivity index (χ1v) is 6.12. The molecule has 0 aromatic heterocycles. The molecule has 0 radical (unpaired) electrons. The highest BCUT2D eigenvalue weighted by Crippen LogP contribution is 2.25. The van der Waals surface area contributed by atoms with Crippen molar-refractivity contribution in [2.24, 2.45) is 11.1 Å². The minimum absolute atomic E-state index is 0.0802. The van der Waals surface area contributed by atoms with Crippen LogP contribution in [0, 0.1) is 5.41 Å². The zero-order valence-corrected chi connectivity index (χ0v) is 11.7. The minimum Gasteiger partial charge on any atom is -0.507 e. The Morgan fingerprint density at radius 1 is 1.39 bits per heavy atom. The summed E-state index contributed by atoms with van der Waals surface area (Å²) in [6.07, 6.45) is 0. The number of ether oxygens (including phenoxy) is 1. The van der Waals surface area contributed by atoms with Crippen LogP contribution in [0.5, 0.6) is 11.5 Å².